The number of aromatic nitrogens is 1. The van der Waals surface area contributed by atoms with E-state index < -0.39 is 5.97 Å². The minimum atomic E-state index is -1.06. The van der Waals surface area contributed by atoms with Gasteiger partial charge in [0.2, 0.25) is 0 Å². The Morgan fingerprint density at radius 3 is 3.08 bits per heavy atom. The van der Waals surface area contributed by atoms with Gasteiger partial charge in [-0.3, -0.25) is 0 Å². The van der Waals surface area contributed by atoms with Crippen LogP contribution in [0.3, 0.4) is 0 Å². The SMILES string of the molecule is O=C(O)c1cc2c(nc1Cl)COC2. The highest BCUT2D eigenvalue weighted by molar-refractivity contribution is 6.32. The number of pyridine rings is 1. The minimum Gasteiger partial charge on any atom is -0.478 e. The molecule has 0 bridgehead atoms. The van der Waals surface area contributed by atoms with E-state index in [1.54, 1.807) is 0 Å². The van der Waals surface area contributed by atoms with Gasteiger partial charge in [-0.1, -0.05) is 11.6 Å². The first kappa shape index (κ1) is 8.47. The molecule has 0 amide bonds. The van der Waals surface area contributed by atoms with E-state index in [2.05, 4.69) is 4.98 Å². The number of halogens is 1. The number of hydrogen-bond donors (Lipinski definition) is 1. The van der Waals surface area contributed by atoms with E-state index in [9.17, 15) is 4.79 Å². The Labute approximate surface area is 79.1 Å². The van der Waals surface area contributed by atoms with Crippen LogP contribution in [0.2, 0.25) is 5.15 Å². The number of carbonyl (C=O) groups is 1. The van der Waals surface area contributed by atoms with E-state index in [4.69, 9.17) is 21.4 Å². The number of ether oxygens (including phenoxy) is 1. The maximum atomic E-state index is 10.7. The molecule has 4 nitrogen and oxygen atoms in total. The van der Waals surface area contributed by atoms with Gasteiger partial charge in [0.25, 0.3) is 0 Å². The fraction of sp³-hybridized carbons (Fsp3) is 0.250. The molecule has 0 unspecified atom stereocenters. The zero-order chi connectivity index (χ0) is 9.42. The van der Waals surface area contributed by atoms with E-state index in [1.807, 2.05) is 0 Å². The van der Waals surface area contributed by atoms with Gasteiger partial charge in [0.05, 0.1) is 24.5 Å². The van der Waals surface area contributed by atoms with Gasteiger partial charge in [0, 0.05) is 5.56 Å². The number of aromatic carboxylic acids is 1. The van der Waals surface area contributed by atoms with Crippen molar-refractivity contribution in [3.8, 4) is 0 Å². The summed E-state index contributed by atoms with van der Waals surface area (Å²) in [5.74, 6) is -1.06. The molecule has 5 heteroatoms. The predicted octanol–water partition coefficient (Wildman–Crippen LogP) is 1.46. The molecule has 1 aliphatic heterocycles. The molecule has 1 N–H and O–H groups in total. The van der Waals surface area contributed by atoms with Crippen LogP contribution in [0.5, 0.6) is 0 Å². The van der Waals surface area contributed by atoms with Crippen molar-refractivity contribution in [2.75, 3.05) is 0 Å². The Morgan fingerprint density at radius 2 is 2.38 bits per heavy atom. The number of fused-ring (bicyclic) bond motifs is 1. The monoisotopic (exact) mass is 199 g/mol. The molecule has 2 rings (SSSR count). The average Bonchev–Trinajstić information content (AvgIpc) is 2.48. The van der Waals surface area contributed by atoms with Crippen LogP contribution in [0, 0.1) is 0 Å². The van der Waals surface area contributed by atoms with Crippen molar-refractivity contribution in [1.82, 2.24) is 4.98 Å². The zero-order valence-electron chi connectivity index (χ0n) is 6.58. The van der Waals surface area contributed by atoms with Gasteiger partial charge in [0.1, 0.15) is 5.15 Å². The molecule has 68 valence electrons. The summed E-state index contributed by atoms with van der Waals surface area (Å²) < 4.78 is 5.09. The normalized spacial score (nSPS) is 14.2. The molecule has 0 saturated heterocycles. The molecule has 0 fully saturated rings. The summed E-state index contributed by atoms with van der Waals surface area (Å²) in [7, 11) is 0. The standard InChI is InChI=1S/C8H6ClNO3/c9-7-5(8(11)12)1-4-2-13-3-6(4)10-7/h1H,2-3H2,(H,11,12). The second kappa shape index (κ2) is 2.97. The fourth-order valence-electron chi connectivity index (χ4n) is 1.23. The van der Waals surface area contributed by atoms with E-state index >= 15 is 0 Å². The predicted molar refractivity (Wildman–Crippen MR) is 44.7 cm³/mol. The summed E-state index contributed by atoms with van der Waals surface area (Å²) in [5.41, 5.74) is 1.57. The Hall–Kier alpha value is -1.13. The topological polar surface area (TPSA) is 59.4 Å². The molecule has 0 aromatic carbocycles. The van der Waals surface area contributed by atoms with Crippen molar-refractivity contribution in [2.45, 2.75) is 13.2 Å². The number of carboxylic acids is 1. The summed E-state index contributed by atoms with van der Waals surface area (Å²) in [5, 5.41) is 8.76. The quantitative estimate of drug-likeness (QED) is 0.696. The maximum Gasteiger partial charge on any atom is 0.338 e. The molecule has 1 aliphatic rings. The van der Waals surface area contributed by atoms with Gasteiger partial charge in [-0.05, 0) is 6.07 Å². The van der Waals surface area contributed by atoms with Gasteiger partial charge in [-0.25, -0.2) is 9.78 Å². The molecule has 1 aromatic heterocycles. The van der Waals surface area contributed by atoms with Gasteiger partial charge in [0.15, 0.2) is 0 Å². The van der Waals surface area contributed by atoms with Crippen LogP contribution < -0.4 is 0 Å². The lowest BCUT2D eigenvalue weighted by molar-refractivity contribution is 0.0696. The highest BCUT2D eigenvalue weighted by Crippen LogP contribution is 2.23. The molecule has 0 atom stereocenters. The van der Waals surface area contributed by atoms with Crippen LogP contribution in [0.4, 0.5) is 0 Å². The second-order valence-electron chi connectivity index (χ2n) is 2.73. The lowest BCUT2D eigenvalue weighted by atomic mass is 10.2. The van der Waals surface area contributed by atoms with Gasteiger partial charge >= 0.3 is 5.97 Å². The summed E-state index contributed by atoms with van der Waals surface area (Å²) in [6.07, 6.45) is 0. The second-order valence-corrected chi connectivity index (χ2v) is 3.09. The highest BCUT2D eigenvalue weighted by Gasteiger charge is 2.18. The number of rotatable bonds is 1. The van der Waals surface area contributed by atoms with Crippen LogP contribution >= 0.6 is 11.6 Å². The Kier molecular flexibility index (Phi) is 1.94. The van der Waals surface area contributed by atoms with Crippen LogP contribution in [0.15, 0.2) is 6.07 Å². The molecular weight excluding hydrogens is 194 g/mol. The molecule has 2 heterocycles. The molecule has 0 aliphatic carbocycles. The van der Waals surface area contributed by atoms with Crippen molar-refractivity contribution in [1.29, 1.82) is 0 Å². The van der Waals surface area contributed by atoms with Crippen LogP contribution in [0.25, 0.3) is 0 Å². The average molecular weight is 200 g/mol. The van der Waals surface area contributed by atoms with Crippen molar-refractivity contribution < 1.29 is 14.6 Å². The Bertz CT molecular complexity index is 378. The first-order valence-corrected chi connectivity index (χ1v) is 4.05. The largest absolute Gasteiger partial charge is 0.478 e. The molecular formula is C8H6ClNO3. The van der Waals surface area contributed by atoms with E-state index in [0.717, 1.165) is 11.3 Å². The molecule has 0 spiro atoms. The lowest BCUT2D eigenvalue weighted by Gasteiger charge is -2.00. The lowest BCUT2D eigenvalue weighted by Crippen LogP contribution is -2.02. The Morgan fingerprint density at radius 1 is 1.62 bits per heavy atom. The number of nitrogens with zero attached hydrogens (tertiary/aromatic N) is 1. The smallest absolute Gasteiger partial charge is 0.338 e. The van der Waals surface area contributed by atoms with Gasteiger partial charge in [-0.2, -0.15) is 0 Å². The first-order chi connectivity index (χ1) is 6.18. The summed E-state index contributed by atoms with van der Waals surface area (Å²) in [6, 6.07) is 1.51. The van der Waals surface area contributed by atoms with Crippen molar-refractivity contribution in [2.24, 2.45) is 0 Å². The van der Waals surface area contributed by atoms with Crippen molar-refractivity contribution in [3.05, 3.63) is 28.0 Å². The third kappa shape index (κ3) is 1.38. The van der Waals surface area contributed by atoms with Crippen molar-refractivity contribution >= 4 is 17.6 Å². The fourth-order valence-corrected chi connectivity index (χ4v) is 1.46. The van der Waals surface area contributed by atoms with Gasteiger partial charge < -0.3 is 9.84 Å². The third-order valence-electron chi connectivity index (χ3n) is 1.87. The van der Waals surface area contributed by atoms with E-state index in [-0.39, 0.29) is 10.7 Å². The van der Waals surface area contributed by atoms with Gasteiger partial charge in [-0.15, -0.1) is 0 Å². The molecule has 0 saturated carbocycles. The van der Waals surface area contributed by atoms with Crippen LogP contribution in [-0.4, -0.2) is 16.1 Å². The highest BCUT2D eigenvalue weighted by atomic mass is 35.5. The number of hydrogen-bond acceptors (Lipinski definition) is 3. The van der Waals surface area contributed by atoms with E-state index in [0.29, 0.717) is 13.2 Å². The number of carboxylic acid groups (broad SMARTS) is 1. The zero-order valence-corrected chi connectivity index (χ0v) is 7.34. The molecule has 13 heavy (non-hydrogen) atoms. The summed E-state index contributed by atoms with van der Waals surface area (Å²) in [4.78, 5) is 14.6. The van der Waals surface area contributed by atoms with Crippen molar-refractivity contribution in [3.63, 3.8) is 0 Å². The van der Waals surface area contributed by atoms with Crippen LogP contribution in [0.1, 0.15) is 21.6 Å². The van der Waals surface area contributed by atoms with Crippen LogP contribution in [-0.2, 0) is 18.0 Å². The molecule has 1 aromatic rings. The van der Waals surface area contributed by atoms with E-state index in [1.165, 1.54) is 6.07 Å². The summed E-state index contributed by atoms with van der Waals surface area (Å²) >= 11 is 5.66. The minimum absolute atomic E-state index is 0.0248. The first-order valence-electron chi connectivity index (χ1n) is 3.68. The maximum absolute atomic E-state index is 10.7. The summed E-state index contributed by atoms with van der Waals surface area (Å²) in [6.45, 7) is 0.828. The Balaban J connectivity index is 2.55. The third-order valence-corrected chi connectivity index (χ3v) is 2.16. The molecule has 0 radical (unpaired) electrons.